The van der Waals surface area contributed by atoms with E-state index in [2.05, 4.69) is 269 Å². The van der Waals surface area contributed by atoms with Crippen LogP contribution in [0.5, 0.6) is 0 Å². The SMILES string of the molecule is CC1(C)c2ccccc2-c2ccc(N(c3ccc4c(c3)C3(c5ccccc5-4)c4ccccc4C(C)(C)c4ccccc43)c3cccc4c3-c3ccccc3C4(c3ccccc3)c3ccccc3)cc21. The summed E-state index contributed by atoms with van der Waals surface area (Å²) in [4.78, 5) is 2.60. The minimum absolute atomic E-state index is 0.180. The summed E-state index contributed by atoms with van der Waals surface area (Å²) in [5.41, 5.74) is 25.8. The number of hydrogen-bond acceptors (Lipinski definition) is 1. The van der Waals surface area contributed by atoms with Crippen molar-refractivity contribution in [3.8, 4) is 33.4 Å². The summed E-state index contributed by atoms with van der Waals surface area (Å²) in [7, 11) is 0. The second-order valence-corrected chi connectivity index (χ2v) is 20.7. The van der Waals surface area contributed by atoms with Crippen molar-refractivity contribution in [2.45, 2.75) is 49.4 Å². The van der Waals surface area contributed by atoms with Gasteiger partial charge in [0.25, 0.3) is 0 Å². The van der Waals surface area contributed by atoms with Crippen molar-refractivity contribution in [1.82, 2.24) is 0 Å². The first-order chi connectivity index (χ1) is 33.8. The van der Waals surface area contributed by atoms with E-state index in [1.807, 2.05) is 0 Å². The molecule has 0 saturated heterocycles. The molecule has 0 aromatic heterocycles. The normalized spacial score (nSPS) is 16.0. The molecule has 0 amide bonds. The zero-order chi connectivity index (χ0) is 46.3. The lowest BCUT2D eigenvalue weighted by Gasteiger charge is -2.46. The largest absolute Gasteiger partial charge is 0.310 e. The highest BCUT2D eigenvalue weighted by Crippen LogP contribution is 2.64. The molecule has 0 atom stereocenters. The number of benzene rings is 10. The Balaban J connectivity index is 1.09. The molecule has 0 N–H and O–H groups in total. The van der Waals surface area contributed by atoms with Gasteiger partial charge in [-0.05, 0) is 125 Å². The van der Waals surface area contributed by atoms with Crippen LogP contribution >= 0.6 is 0 Å². The van der Waals surface area contributed by atoms with Crippen LogP contribution < -0.4 is 4.90 Å². The molecule has 0 bridgehead atoms. The topological polar surface area (TPSA) is 3.24 Å². The molecule has 1 heteroatoms. The Labute approximate surface area is 406 Å². The van der Waals surface area contributed by atoms with E-state index in [9.17, 15) is 0 Å². The molecular weight excluding hydrogens is 831 g/mol. The fraction of sp³-hybridized carbons (Fsp3) is 0.118. The van der Waals surface area contributed by atoms with Gasteiger partial charge in [-0.25, -0.2) is 0 Å². The number of anilines is 3. The van der Waals surface area contributed by atoms with Crippen molar-refractivity contribution >= 4 is 17.1 Å². The van der Waals surface area contributed by atoms with Gasteiger partial charge in [0.15, 0.2) is 0 Å². The van der Waals surface area contributed by atoms with Crippen molar-refractivity contribution in [2.24, 2.45) is 0 Å². The van der Waals surface area contributed by atoms with E-state index in [0.717, 1.165) is 17.1 Å². The maximum absolute atomic E-state index is 2.60. The summed E-state index contributed by atoms with van der Waals surface area (Å²) in [6, 6.07) is 90.0. The molecule has 0 aliphatic heterocycles. The molecule has 0 unspecified atom stereocenters. The van der Waals surface area contributed by atoms with Gasteiger partial charge in [-0.3, -0.25) is 0 Å². The van der Waals surface area contributed by atoms with Crippen molar-refractivity contribution in [1.29, 1.82) is 0 Å². The molecule has 0 radical (unpaired) electrons. The highest BCUT2D eigenvalue weighted by Gasteiger charge is 2.54. The molecule has 4 aliphatic carbocycles. The molecule has 14 rings (SSSR count). The summed E-state index contributed by atoms with van der Waals surface area (Å²) in [5.74, 6) is 0. The molecule has 1 spiro atoms. The molecule has 4 aliphatic rings. The highest BCUT2D eigenvalue weighted by molar-refractivity contribution is 5.99. The molecule has 0 fully saturated rings. The van der Waals surface area contributed by atoms with E-state index < -0.39 is 10.8 Å². The van der Waals surface area contributed by atoms with Crippen LogP contribution in [-0.2, 0) is 21.7 Å². The zero-order valence-electron chi connectivity index (χ0n) is 39.5. The Hall–Kier alpha value is -8.00. The lowest BCUT2D eigenvalue weighted by atomic mass is 9.55. The summed E-state index contributed by atoms with van der Waals surface area (Å²) >= 11 is 0. The fourth-order valence-corrected chi connectivity index (χ4v) is 13.9. The first kappa shape index (κ1) is 40.1. The van der Waals surface area contributed by atoms with Crippen LogP contribution in [0.15, 0.2) is 237 Å². The van der Waals surface area contributed by atoms with E-state index in [4.69, 9.17) is 0 Å². The smallest absolute Gasteiger partial charge is 0.0720 e. The van der Waals surface area contributed by atoms with Gasteiger partial charge in [0.1, 0.15) is 0 Å². The molecule has 1 nitrogen and oxygen atoms in total. The van der Waals surface area contributed by atoms with E-state index in [1.54, 1.807) is 0 Å². The molecule has 328 valence electrons. The van der Waals surface area contributed by atoms with Gasteiger partial charge in [-0.2, -0.15) is 0 Å². The van der Waals surface area contributed by atoms with E-state index >= 15 is 0 Å². The first-order valence-corrected chi connectivity index (χ1v) is 24.6. The van der Waals surface area contributed by atoms with Crippen LogP contribution in [0.25, 0.3) is 33.4 Å². The predicted octanol–water partition coefficient (Wildman–Crippen LogP) is 16.8. The Kier molecular flexibility index (Phi) is 8.29. The highest BCUT2D eigenvalue weighted by atomic mass is 15.1. The predicted molar refractivity (Wildman–Crippen MR) is 285 cm³/mol. The van der Waals surface area contributed by atoms with Gasteiger partial charge >= 0.3 is 0 Å². The number of rotatable bonds is 5. The summed E-state index contributed by atoms with van der Waals surface area (Å²) in [6.45, 7) is 9.60. The van der Waals surface area contributed by atoms with Crippen LogP contribution in [-0.4, -0.2) is 0 Å². The molecule has 0 saturated carbocycles. The van der Waals surface area contributed by atoms with Crippen molar-refractivity contribution in [3.63, 3.8) is 0 Å². The number of nitrogens with zero attached hydrogens (tertiary/aromatic N) is 1. The first-order valence-electron chi connectivity index (χ1n) is 24.6. The summed E-state index contributed by atoms with van der Waals surface area (Å²) in [5, 5.41) is 0. The Morgan fingerprint density at radius 1 is 0.261 bits per heavy atom. The maximum Gasteiger partial charge on any atom is 0.0720 e. The van der Waals surface area contributed by atoms with Crippen LogP contribution in [0.1, 0.15) is 94.5 Å². The third-order valence-electron chi connectivity index (χ3n) is 16.8. The van der Waals surface area contributed by atoms with Crippen LogP contribution in [0.4, 0.5) is 17.1 Å². The summed E-state index contributed by atoms with van der Waals surface area (Å²) in [6.07, 6.45) is 0. The van der Waals surface area contributed by atoms with Gasteiger partial charge in [0.05, 0.1) is 16.5 Å². The second-order valence-electron chi connectivity index (χ2n) is 20.7. The third-order valence-corrected chi connectivity index (χ3v) is 16.8. The molecule has 10 aromatic carbocycles. The molecule has 10 aromatic rings. The monoisotopic (exact) mass is 881 g/mol. The van der Waals surface area contributed by atoms with Gasteiger partial charge in [-0.15, -0.1) is 0 Å². The minimum Gasteiger partial charge on any atom is -0.310 e. The zero-order valence-corrected chi connectivity index (χ0v) is 39.5. The van der Waals surface area contributed by atoms with Crippen LogP contribution in [0.3, 0.4) is 0 Å². The Bertz CT molecular complexity index is 3650. The number of hydrogen-bond donors (Lipinski definition) is 0. The summed E-state index contributed by atoms with van der Waals surface area (Å²) < 4.78 is 0. The third kappa shape index (κ3) is 5.10. The maximum atomic E-state index is 2.60. The van der Waals surface area contributed by atoms with Crippen molar-refractivity contribution in [3.05, 3.63) is 303 Å². The van der Waals surface area contributed by atoms with E-state index in [0.29, 0.717) is 0 Å². The van der Waals surface area contributed by atoms with E-state index in [1.165, 1.54) is 100 Å². The minimum atomic E-state index is -0.538. The van der Waals surface area contributed by atoms with Gasteiger partial charge < -0.3 is 4.90 Å². The van der Waals surface area contributed by atoms with Crippen molar-refractivity contribution < 1.29 is 0 Å². The second kappa shape index (κ2) is 14.3. The average molecular weight is 882 g/mol. The number of fused-ring (bicyclic) bond motifs is 15. The van der Waals surface area contributed by atoms with Gasteiger partial charge in [0, 0.05) is 27.8 Å². The Morgan fingerprint density at radius 2 is 0.652 bits per heavy atom. The van der Waals surface area contributed by atoms with Crippen LogP contribution in [0, 0.1) is 0 Å². The lowest BCUT2D eigenvalue weighted by molar-refractivity contribution is 0.563. The molecule has 0 heterocycles. The standard InChI is InChI=1S/C68H51N/c1-65(2)53-29-14-11-26-48(53)50-40-38-46(42-61(50)65)69(63-37-21-36-60-64(63)52-28-13-16-31-55(52)67(60,44-22-7-5-8-23-44)45-24-9-6-10-25-45)47-39-41-51-49-27-12-15-30-54(49)68(62(51)43-47)58-34-19-17-32-56(58)66(3,4)57-33-18-20-35-59(57)68/h5-43H,1-4H3. The quantitative estimate of drug-likeness (QED) is 0.166. The lowest BCUT2D eigenvalue weighted by Crippen LogP contribution is -2.40. The molecule has 69 heavy (non-hydrogen) atoms. The fourth-order valence-electron chi connectivity index (χ4n) is 13.9. The van der Waals surface area contributed by atoms with Gasteiger partial charge in [0.2, 0.25) is 0 Å². The average Bonchev–Trinajstić information content (AvgIpc) is 3.96. The van der Waals surface area contributed by atoms with Crippen LogP contribution in [0.2, 0.25) is 0 Å². The Morgan fingerprint density at radius 3 is 1.23 bits per heavy atom. The van der Waals surface area contributed by atoms with Gasteiger partial charge in [-0.1, -0.05) is 234 Å². The molecular formula is C68H51N. The van der Waals surface area contributed by atoms with E-state index in [-0.39, 0.29) is 10.8 Å². The van der Waals surface area contributed by atoms with Crippen molar-refractivity contribution in [2.75, 3.05) is 4.90 Å².